The Labute approximate surface area is 73.2 Å². The van der Waals surface area contributed by atoms with E-state index >= 15 is 0 Å². The average molecular weight is 200 g/mol. The third kappa shape index (κ3) is 1.12. The predicted octanol–water partition coefficient (Wildman–Crippen LogP) is 0.851. The maximum atomic E-state index is 11.3. The maximum Gasteiger partial charge on any atom is 0.253 e. The van der Waals surface area contributed by atoms with Crippen LogP contribution in [0.1, 0.15) is 5.69 Å². The van der Waals surface area contributed by atoms with Gasteiger partial charge in [0, 0.05) is 6.20 Å². The van der Waals surface area contributed by atoms with Crippen LogP contribution in [0.4, 0.5) is 0 Å². The van der Waals surface area contributed by atoms with Gasteiger partial charge in [0.2, 0.25) is 0 Å². The van der Waals surface area contributed by atoms with Gasteiger partial charge < -0.3 is 0 Å². The molecule has 0 spiro atoms. The molecule has 0 aromatic carbocycles. The Hall–Kier alpha value is -0.880. The number of aromatic nitrogens is 1. The maximum absolute atomic E-state index is 11.3. The quantitative estimate of drug-likeness (QED) is 0.460. The lowest BCUT2D eigenvalue weighted by molar-refractivity contribution is 0.610. The molecule has 62 valence electrons. The van der Waals surface area contributed by atoms with Gasteiger partial charge in [0.1, 0.15) is 21.6 Å². The van der Waals surface area contributed by atoms with Crippen LogP contribution in [-0.2, 0) is 8.87 Å². The lowest BCUT2D eigenvalue weighted by atomic mass is 10.4. The SMILES string of the molecule is O=S1(=O)SN=Cc2ncccc21. The molecule has 2 heterocycles. The van der Waals surface area contributed by atoms with E-state index < -0.39 is 8.87 Å². The minimum Gasteiger partial charge on any atom is -0.254 e. The van der Waals surface area contributed by atoms with E-state index in [0.717, 1.165) is 0 Å². The molecule has 0 unspecified atom stereocenters. The molecular formula is C6H4N2O2S2. The molecule has 2 rings (SSSR count). The second-order valence-corrected chi connectivity index (χ2v) is 5.62. The van der Waals surface area contributed by atoms with E-state index in [2.05, 4.69) is 9.38 Å². The summed E-state index contributed by atoms with van der Waals surface area (Å²) in [6.45, 7) is 0. The number of rotatable bonds is 0. The molecule has 12 heavy (non-hydrogen) atoms. The van der Waals surface area contributed by atoms with Crippen LogP contribution < -0.4 is 0 Å². The van der Waals surface area contributed by atoms with Crippen molar-refractivity contribution in [3.8, 4) is 0 Å². The summed E-state index contributed by atoms with van der Waals surface area (Å²) < 4.78 is 26.2. The molecule has 0 fully saturated rings. The number of fused-ring (bicyclic) bond motifs is 1. The highest BCUT2D eigenvalue weighted by Gasteiger charge is 2.22. The molecule has 1 aliphatic heterocycles. The fourth-order valence-electron chi connectivity index (χ4n) is 0.879. The molecular weight excluding hydrogens is 196 g/mol. The number of hydrogen-bond acceptors (Lipinski definition) is 5. The first-order valence-corrected chi connectivity index (χ1v) is 5.89. The van der Waals surface area contributed by atoms with Crippen LogP contribution in [0, 0.1) is 0 Å². The van der Waals surface area contributed by atoms with Gasteiger partial charge in [0.05, 0.1) is 6.21 Å². The topological polar surface area (TPSA) is 59.4 Å². The molecule has 0 saturated carbocycles. The molecule has 1 aromatic rings. The van der Waals surface area contributed by atoms with Crippen molar-refractivity contribution in [3.05, 3.63) is 24.0 Å². The molecule has 0 N–H and O–H groups in total. The minimum absolute atomic E-state index is 0.241. The highest BCUT2D eigenvalue weighted by Crippen LogP contribution is 2.28. The van der Waals surface area contributed by atoms with Crippen LogP contribution >= 0.6 is 11.0 Å². The minimum atomic E-state index is -3.29. The van der Waals surface area contributed by atoms with E-state index in [9.17, 15) is 8.42 Å². The average Bonchev–Trinajstić information content (AvgIpc) is 2.04. The molecule has 0 bridgehead atoms. The van der Waals surface area contributed by atoms with Crippen molar-refractivity contribution < 1.29 is 8.42 Å². The molecule has 0 radical (unpaired) electrons. The molecule has 0 saturated heterocycles. The summed E-state index contributed by atoms with van der Waals surface area (Å²) in [5.74, 6) is 0. The van der Waals surface area contributed by atoms with Gasteiger partial charge in [0.25, 0.3) is 8.87 Å². The summed E-state index contributed by atoms with van der Waals surface area (Å²) in [4.78, 5) is 4.11. The van der Waals surface area contributed by atoms with Crippen molar-refractivity contribution in [2.24, 2.45) is 4.40 Å². The zero-order chi connectivity index (χ0) is 8.60. The Kier molecular flexibility index (Phi) is 1.66. The van der Waals surface area contributed by atoms with E-state index in [4.69, 9.17) is 0 Å². The van der Waals surface area contributed by atoms with Crippen molar-refractivity contribution >= 4 is 26.1 Å². The molecule has 6 heteroatoms. The first-order valence-electron chi connectivity index (χ1n) is 3.12. The summed E-state index contributed by atoms with van der Waals surface area (Å²) in [5.41, 5.74) is 0.413. The van der Waals surface area contributed by atoms with Crippen molar-refractivity contribution in [1.82, 2.24) is 4.98 Å². The number of hydrogen-bond donors (Lipinski definition) is 0. The van der Waals surface area contributed by atoms with E-state index in [-0.39, 0.29) is 4.90 Å². The Balaban J connectivity index is 2.77. The van der Waals surface area contributed by atoms with Crippen molar-refractivity contribution in [2.75, 3.05) is 0 Å². The van der Waals surface area contributed by atoms with Gasteiger partial charge in [-0.15, -0.1) is 0 Å². The van der Waals surface area contributed by atoms with E-state index in [0.29, 0.717) is 16.7 Å². The van der Waals surface area contributed by atoms with Gasteiger partial charge in [-0.25, -0.2) is 12.8 Å². The third-order valence-corrected chi connectivity index (χ3v) is 4.04. The molecule has 0 atom stereocenters. The van der Waals surface area contributed by atoms with Crippen LogP contribution in [0.15, 0.2) is 27.6 Å². The highest BCUT2D eigenvalue weighted by molar-refractivity contribution is 8.71. The van der Waals surface area contributed by atoms with Crippen molar-refractivity contribution in [1.29, 1.82) is 0 Å². The van der Waals surface area contributed by atoms with Crippen LogP contribution in [0.2, 0.25) is 0 Å². The largest absolute Gasteiger partial charge is 0.254 e. The second kappa shape index (κ2) is 2.56. The monoisotopic (exact) mass is 200 g/mol. The van der Waals surface area contributed by atoms with Gasteiger partial charge in [0.15, 0.2) is 0 Å². The molecule has 1 aliphatic rings. The predicted molar refractivity (Wildman–Crippen MR) is 46.6 cm³/mol. The van der Waals surface area contributed by atoms with Gasteiger partial charge in [-0.1, -0.05) is 0 Å². The summed E-state index contributed by atoms with van der Waals surface area (Å²) in [6.07, 6.45) is 2.98. The summed E-state index contributed by atoms with van der Waals surface area (Å²) in [5, 5.41) is 0. The lowest BCUT2D eigenvalue weighted by Crippen LogP contribution is -2.05. The van der Waals surface area contributed by atoms with Gasteiger partial charge in [-0.2, -0.15) is 0 Å². The molecule has 0 amide bonds. The van der Waals surface area contributed by atoms with E-state index in [1.807, 2.05) is 0 Å². The Morgan fingerprint density at radius 1 is 1.42 bits per heavy atom. The van der Waals surface area contributed by atoms with Crippen molar-refractivity contribution in [2.45, 2.75) is 4.90 Å². The second-order valence-electron chi connectivity index (χ2n) is 2.15. The molecule has 0 aliphatic carbocycles. The fraction of sp³-hybridized carbons (Fsp3) is 0. The smallest absolute Gasteiger partial charge is 0.253 e. The number of nitrogens with zero attached hydrogens (tertiary/aromatic N) is 2. The van der Waals surface area contributed by atoms with E-state index in [1.54, 1.807) is 6.07 Å². The van der Waals surface area contributed by atoms with Gasteiger partial charge >= 0.3 is 0 Å². The normalized spacial score (nSPS) is 18.7. The van der Waals surface area contributed by atoms with Crippen molar-refractivity contribution in [3.63, 3.8) is 0 Å². The van der Waals surface area contributed by atoms with E-state index in [1.165, 1.54) is 18.5 Å². The summed E-state index contributed by atoms with van der Waals surface area (Å²) in [7, 11) is -2.72. The Morgan fingerprint density at radius 2 is 2.25 bits per heavy atom. The van der Waals surface area contributed by atoms with Crippen LogP contribution in [0.5, 0.6) is 0 Å². The molecule has 1 aromatic heterocycles. The summed E-state index contributed by atoms with van der Waals surface area (Å²) in [6, 6.07) is 3.12. The van der Waals surface area contributed by atoms with Crippen LogP contribution in [0.25, 0.3) is 0 Å². The highest BCUT2D eigenvalue weighted by atomic mass is 33.1. The number of pyridine rings is 1. The van der Waals surface area contributed by atoms with Gasteiger partial charge in [-0.05, 0) is 12.1 Å². The molecule has 4 nitrogen and oxygen atoms in total. The zero-order valence-corrected chi connectivity index (χ0v) is 7.47. The summed E-state index contributed by atoms with van der Waals surface area (Å²) >= 11 is 0. The first-order chi connectivity index (χ1) is 5.70. The standard InChI is InChI=1S/C6H4N2O2S2/c9-12(10)6-2-1-3-7-5(6)4-8-11-12/h1-4H. The zero-order valence-electron chi connectivity index (χ0n) is 5.84. The Bertz CT molecular complexity index is 439. The first kappa shape index (κ1) is 7.75. The van der Waals surface area contributed by atoms with Crippen LogP contribution in [0.3, 0.4) is 0 Å². The Morgan fingerprint density at radius 3 is 3.00 bits per heavy atom. The third-order valence-electron chi connectivity index (χ3n) is 1.39. The fourth-order valence-corrected chi connectivity index (χ4v) is 2.96. The van der Waals surface area contributed by atoms with Crippen LogP contribution in [-0.4, -0.2) is 19.6 Å². The lowest BCUT2D eigenvalue weighted by Gasteiger charge is -2.06. The van der Waals surface area contributed by atoms with Gasteiger partial charge in [-0.3, -0.25) is 4.98 Å².